The predicted octanol–water partition coefficient (Wildman–Crippen LogP) is -3.16. The standard InChI is InChI=1S/C6H24N2O24P8/c9-33(10,11)3-7(39(27,28)29)5(35(15,16)17,36(18,19)20)1-2-6(37(21,22)23,38(24,25)26)8(40(30,31)32)4-34(12,13)14/h1-4H2,(H2,9,10,11)(H2,12,13,14)(H2,15,16,17)(H2,18,19,20)(H2,21,22,23)(H2,24,25,26)(H2,27,28,29)(H2,30,31,32). The van der Waals surface area contributed by atoms with Crippen LogP contribution < -0.4 is 0 Å². The van der Waals surface area contributed by atoms with Gasteiger partial charge < -0.3 is 78.3 Å². The number of hydrogen-bond acceptors (Lipinski definition) is 8. The minimum Gasteiger partial charge on any atom is -0.324 e. The van der Waals surface area contributed by atoms with Gasteiger partial charge in [0.2, 0.25) is 10.0 Å². The van der Waals surface area contributed by atoms with Gasteiger partial charge in [-0.25, -0.2) is 9.13 Å². The Balaban J connectivity index is 8.17. The van der Waals surface area contributed by atoms with Crippen molar-refractivity contribution in [1.29, 1.82) is 0 Å². The maximum Gasteiger partial charge on any atom is 0.405 e. The summed E-state index contributed by atoms with van der Waals surface area (Å²) in [6.45, 7) is 0. The Morgan fingerprint density at radius 1 is 0.375 bits per heavy atom. The van der Waals surface area contributed by atoms with Crippen LogP contribution in [0.4, 0.5) is 0 Å². The van der Waals surface area contributed by atoms with Gasteiger partial charge in [0.25, 0.3) is 0 Å². The first-order chi connectivity index (χ1) is 16.9. The van der Waals surface area contributed by atoms with Crippen LogP contribution in [0.1, 0.15) is 12.8 Å². The zero-order chi connectivity index (χ0) is 33.0. The Kier molecular flexibility index (Phi) is 12.5. The summed E-state index contributed by atoms with van der Waals surface area (Å²) >= 11 is 0. The maximum atomic E-state index is 12.4. The largest absolute Gasteiger partial charge is 0.405 e. The molecular weight excluding hydrogens is 732 g/mol. The molecule has 0 aliphatic rings. The van der Waals surface area contributed by atoms with E-state index in [-0.39, 0.29) is 0 Å². The molecule has 0 amide bonds. The highest BCUT2D eigenvalue weighted by Gasteiger charge is 2.73. The molecule has 0 heterocycles. The zero-order valence-corrected chi connectivity index (χ0v) is 25.9. The smallest absolute Gasteiger partial charge is 0.324 e. The van der Waals surface area contributed by atoms with E-state index in [1.807, 2.05) is 0 Å². The molecule has 0 atom stereocenters. The van der Waals surface area contributed by atoms with Gasteiger partial charge in [0.1, 0.15) is 12.6 Å². The Bertz CT molecular complexity index is 1180. The van der Waals surface area contributed by atoms with Crippen LogP contribution >= 0.6 is 61.1 Å². The third-order valence-electron chi connectivity index (χ3n) is 4.75. The predicted molar refractivity (Wildman–Crippen MR) is 124 cm³/mol. The molecule has 0 aromatic heterocycles. The van der Waals surface area contributed by atoms with Crippen molar-refractivity contribution in [2.24, 2.45) is 0 Å². The first-order valence-electron chi connectivity index (χ1n) is 8.87. The highest BCUT2D eigenvalue weighted by Crippen LogP contribution is 2.81. The van der Waals surface area contributed by atoms with Crippen LogP contribution in [0, 0.1) is 0 Å². The number of rotatable bonds is 15. The third-order valence-corrected chi connectivity index (χ3v) is 18.1. The molecule has 242 valence electrons. The van der Waals surface area contributed by atoms with Crippen LogP contribution in [0.5, 0.6) is 0 Å². The van der Waals surface area contributed by atoms with E-state index < -0.39 is 106 Å². The normalized spacial score (nSPS) is 16.1. The van der Waals surface area contributed by atoms with Crippen molar-refractivity contribution in [3.63, 3.8) is 0 Å². The Morgan fingerprint density at radius 3 is 0.650 bits per heavy atom. The van der Waals surface area contributed by atoms with Crippen molar-refractivity contribution >= 4 is 61.1 Å². The first kappa shape index (κ1) is 41.1. The average molecular weight is 756 g/mol. The third kappa shape index (κ3) is 9.31. The second-order valence-corrected chi connectivity index (χ2v) is 21.9. The molecule has 0 radical (unpaired) electrons. The first-order valence-corrected chi connectivity index (χ1v) is 22.0. The lowest BCUT2D eigenvalue weighted by Crippen LogP contribution is -2.51. The molecule has 40 heavy (non-hydrogen) atoms. The molecule has 0 saturated carbocycles. The molecule has 0 aromatic rings. The lowest BCUT2D eigenvalue weighted by molar-refractivity contribution is 0.156. The van der Waals surface area contributed by atoms with Gasteiger partial charge in [-0.3, -0.25) is 27.4 Å². The summed E-state index contributed by atoms with van der Waals surface area (Å²) in [5, 5.41) is -10.2. The molecule has 0 aliphatic heterocycles. The summed E-state index contributed by atoms with van der Waals surface area (Å²) in [6.07, 6.45) is -10.9. The minimum atomic E-state index is -7.11. The van der Waals surface area contributed by atoms with E-state index in [0.717, 1.165) is 0 Å². The van der Waals surface area contributed by atoms with E-state index in [9.17, 15) is 95.2 Å². The molecule has 0 saturated heterocycles. The lowest BCUT2D eigenvalue weighted by atomic mass is 10.3. The van der Waals surface area contributed by atoms with E-state index >= 15 is 0 Å². The van der Waals surface area contributed by atoms with Gasteiger partial charge in [0.15, 0.2) is 0 Å². The van der Waals surface area contributed by atoms with Crippen molar-refractivity contribution in [2.45, 2.75) is 22.9 Å². The van der Waals surface area contributed by atoms with Crippen LogP contribution in [-0.2, 0) is 36.5 Å². The molecule has 16 N–H and O–H groups in total. The summed E-state index contributed by atoms with van der Waals surface area (Å²) < 4.78 is 93.3. The van der Waals surface area contributed by atoms with E-state index in [4.69, 9.17) is 19.6 Å². The van der Waals surface area contributed by atoms with Crippen molar-refractivity contribution in [3.8, 4) is 0 Å². The fourth-order valence-electron chi connectivity index (χ4n) is 3.27. The van der Waals surface area contributed by atoms with Crippen molar-refractivity contribution < 1.29 is 115 Å². The molecule has 0 unspecified atom stereocenters. The van der Waals surface area contributed by atoms with Crippen LogP contribution in [0.15, 0.2) is 0 Å². The van der Waals surface area contributed by atoms with E-state index in [1.165, 1.54) is 0 Å². The average Bonchev–Trinajstić information content (AvgIpc) is 2.54. The van der Waals surface area contributed by atoms with Crippen LogP contribution in [0.25, 0.3) is 0 Å². The molecule has 0 fully saturated rings. The molecular formula is C6H24N2O24P8. The monoisotopic (exact) mass is 756 g/mol. The Hall–Kier alpha value is 1.12. The SMILES string of the molecule is O=P(O)(O)CN(C(CCC(N(CP(=O)(O)O)P(=O)(O)O)(P(=O)(O)O)P(=O)(O)O)(P(=O)(O)O)P(=O)(O)O)P(=O)(O)O. The van der Waals surface area contributed by atoms with E-state index in [2.05, 4.69) is 0 Å². The minimum absolute atomic E-state index is 1.53. The lowest BCUT2D eigenvalue weighted by Gasteiger charge is -2.47. The summed E-state index contributed by atoms with van der Waals surface area (Å²) in [4.78, 5) is 153. The Labute approximate surface area is 221 Å². The van der Waals surface area contributed by atoms with Crippen LogP contribution in [0.2, 0.25) is 0 Å². The second kappa shape index (κ2) is 12.1. The summed E-state index contributed by atoms with van der Waals surface area (Å²) in [6, 6.07) is 0. The molecule has 0 aromatic carbocycles. The van der Waals surface area contributed by atoms with Gasteiger partial charge in [-0.2, -0.15) is 9.34 Å². The summed E-state index contributed by atoms with van der Waals surface area (Å²) in [5.74, 6) is 0. The van der Waals surface area contributed by atoms with Crippen LogP contribution in [-0.4, -0.2) is 110 Å². The fourth-order valence-corrected chi connectivity index (χ4v) is 16.9. The van der Waals surface area contributed by atoms with Gasteiger partial charge in [-0.1, -0.05) is 0 Å². The number of nitrogens with zero attached hydrogens (tertiary/aromatic N) is 2. The Morgan fingerprint density at radius 2 is 0.550 bits per heavy atom. The summed E-state index contributed by atoms with van der Waals surface area (Å²) in [7, 11) is -54.1. The van der Waals surface area contributed by atoms with Crippen molar-refractivity contribution in [3.05, 3.63) is 0 Å². The number of hydrogen-bond donors (Lipinski definition) is 16. The zero-order valence-electron chi connectivity index (χ0n) is 18.7. The molecule has 26 nitrogen and oxygen atoms in total. The van der Waals surface area contributed by atoms with Gasteiger partial charge >= 0.3 is 61.1 Å². The van der Waals surface area contributed by atoms with Gasteiger partial charge in [0.05, 0.1) is 0 Å². The topological polar surface area (TPSA) is 467 Å². The van der Waals surface area contributed by atoms with Gasteiger partial charge in [-0.05, 0) is 12.8 Å². The van der Waals surface area contributed by atoms with Gasteiger partial charge in [0, 0.05) is 0 Å². The fraction of sp³-hybridized carbons (Fsp3) is 1.00. The molecule has 0 spiro atoms. The van der Waals surface area contributed by atoms with E-state index in [1.54, 1.807) is 0 Å². The molecule has 0 aliphatic carbocycles. The molecule has 0 bridgehead atoms. The maximum absolute atomic E-state index is 12.4. The molecule has 34 heteroatoms. The van der Waals surface area contributed by atoms with Crippen molar-refractivity contribution in [2.75, 3.05) is 12.6 Å². The van der Waals surface area contributed by atoms with Gasteiger partial charge in [-0.15, -0.1) is 0 Å². The highest BCUT2D eigenvalue weighted by molar-refractivity contribution is 7.74. The van der Waals surface area contributed by atoms with Crippen molar-refractivity contribution in [1.82, 2.24) is 9.34 Å². The second-order valence-electron chi connectivity index (χ2n) is 7.66. The quantitative estimate of drug-likeness (QED) is 0.0733. The summed E-state index contributed by atoms with van der Waals surface area (Å²) in [5.41, 5.74) is 0. The highest BCUT2D eigenvalue weighted by atomic mass is 31.2. The van der Waals surface area contributed by atoms with E-state index in [0.29, 0.717) is 0 Å². The van der Waals surface area contributed by atoms with Crippen LogP contribution in [0.3, 0.4) is 0 Å². The molecule has 0 rings (SSSR count).